The third-order valence-corrected chi connectivity index (χ3v) is 9.10. The number of carbonyl (C=O) groups is 1. The maximum atomic E-state index is 13.9. The molecule has 0 aliphatic heterocycles. The fourth-order valence-electron chi connectivity index (χ4n) is 5.92. The molecule has 0 radical (unpaired) electrons. The monoisotopic (exact) mass is 513 g/mol. The van der Waals surface area contributed by atoms with Crippen LogP contribution in [0.4, 0.5) is 0 Å². The Labute approximate surface area is 198 Å². The molecule has 1 aromatic carbocycles. The van der Waals surface area contributed by atoms with Gasteiger partial charge in [-0.1, -0.05) is 35.8 Å². The Morgan fingerprint density at radius 1 is 1.29 bits per heavy atom. The SMILES string of the molecule is CCOC(=O)[C@]1(N[S@@+]([O-])C(C)(C)C)c2cc(Br)ccc2C[C@@]12C[C@@H](C)[C@H](OC)[C@@H](C)C2. The zero-order chi connectivity index (χ0) is 23.2. The van der Waals surface area contributed by atoms with E-state index >= 15 is 0 Å². The summed E-state index contributed by atoms with van der Waals surface area (Å²) in [6, 6.07) is 6.11. The molecular formula is C24H36BrNO4S. The topological polar surface area (TPSA) is 70.6 Å². The van der Waals surface area contributed by atoms with Crippen molar-refractivity contribution in [2.24, 2.45) is 17.3 Å². The summed E-state index contributed by atoms with van der Waals surface area (Å²) in [5.41, 5.74) is 0.372. The predicted molar refractivity (Wildman–Crippen MR) is 128 cm³/mol. The van der Waals surface area contributed by atoms with Gasteiger partial charge in [-0.15, -0.1) is 4.72 Å². The molecule has 1 fully saturated rings. The maximum absolute atomic E-state index is 13.9. The summed E-state index contributed by atoms with van der Waals surface area (Å²) >= 11 is 2.13. The van der Waals surface area contributed by atoms with Gasteiger partial charge >= 0.3 is 5.97 Å². The number of nitrogens with one attached hydrogen (secondary N) is 1. The first kappa shape index (κ1) is 25.0. The second-order valence-corrected chi connectivity index (χ2v) is 13.2. The highest BCUT2D eigenvalue weighted by atomic mass is 79.9. The van der Waals surface area contributed by atoms with E-state index in [1.807, 2.05) is 39.8 Å². The van der Waals surface area contributed by atoms with Crippen LogP contribution in [0.2, 0.25) is 0 Å². The van der Waals surface area contributed by atoms with Gasteiger partial charge in [-0.25, -0.2) is 4.79 Å². The summed E-state index contributed by atoms with van der Waals surface area (Å²) in [4.78, 5) is 13.9. The number of benzene rings is 1. The number of rotatable bonds is 5. The summed E-state index contributed by atoms with van der Waals surface area (Å²) in [5, 5.41) is 0. The number of hydrogen-bond acceptors (Lipinski definition) is 5. The summed E-state index contributed by atoms with van der Waals surface area (Å²) in [6.07, 6.45) is 2.45. The Balaban J connectivity index is 2.25. The van der Waals surface area contributed by atoms with Crippen molar-refractivity contribution in [3.05, 3.63) is 33.8 Å². The van der Waals surface area contributed by atoms with Gasteiger partial charge in [0.1, 0.15) is 4.75 Å². The predicted octanol–water partition coefficient (Wildman–Crippen LogP) is 4.88. The minimum absolute atomic E-state index is 0.133. The molecule has 1 spiro atoms. The number of halogens is 1. The number of methoxy groups -OCH3 is 1. The van der Waals surface area contributed by atoms with Gasteiger partial charge in [-0.2, -0.15) is 0 Å². The molecule has 3 rings (SSSR count). The van der Waals surface area contributed by atoms with Gasteiger partial charge in [0, 0.05) is 28.4 Å². The quantitative estimate of drug-likeness (QED) is 0.448. The van der Waals surface area contributed by atoms with E-state index in [1.165, 1.54) is 0 Å². The standard InChI is InChI=1S/C24H36BrNO4S/c1-8-30-21(27)24(26-31(28)22(4,5)6)19-11-18(25)10-9-17(19)14-23(24)12-15(2)20(29-7)16(3)13-23/h9-11,15-16,20,26H,8,12-14H2,1-7H3/t15-,16+,20+,23+,24-,31+/m1/s1. The summed E-state index contributed by atoms with van der Waals surface area (Å²) in [6.45, 7) is 12.3. The van der Waals surface area contributed by atoms with Crippen molar-refractivity contribution in [2.75, 3.05) is 13.7 Å². The van der Waals surface area contributed by atoms with E-state index in [2.05, 4.69) is 40.6 Å². The minimum atomic E-state index is -1.46. The van der Waals surface area contributed by atoms with Crippen LogP contribution in [0.1, 0.15) is 65.5 Å². The average Bonchev–Trinajstić information content (AvgIpc) is 2.90. The zero-order valence-electron chi connectivity index (χ0n) is 19.7. The van der Waals surface area contributed by atoms with Crippen molar-refractivity contribution in [3.63, 3.8) is 0 Å². The number of carbonyl (C=O) groups excluding carboxylic acids is 1. The van der Waals surface area contributed by atoms with Crippen LogP contribution in [0.15, 0.2) is 22.7 Å². The molecule has 174 valence electrons. The highest BCUT2D eigenvalue weighted by Gasteiger charge is 2.68. The molecule has 6 atom stereocenters. The van der Waals surface area contributed by atoms with E-state index < -0.39 is 27.1 Å². The first-order chi connectivity index (χ1) is 14.4. The highest BCUT2D eigenvalue weighted by molar-refractivity contribution is 9.10. The number of fused-ring (bicyclic) bond motifs is 1. The van der Waals surface area contributed by atoms with Crippen LogP contribution in [0.5, 0.6) is 0 Å². The van der Waals surface area contributed by atoms with Gasteiger partial charge in [0.05, 0.1) is 12.7 Å². The molecule has 0 saturated heterocycles. The van der Waals surface area contributed by atoms with Crippen LogP contribution in [0.25, 0.3) is 0 Å². The molecule has 0 aromatic heterocycles. The molecule has 2 aliphatic rings. The summed E-state index contributed by atoms with van der Waals surface area (Å²) in [5.74, 6) is 0.176. The summed E-state index contributed by atoms with van der Waals surface area (Å²) < 4.78 is 28.8. The Morgan fingerprint density at radius 2 is 1.90 bits per heavy atom. The molecule has 1 aromatic rings. The highest BCUT2D eigenvalue weighted by Crippen LogP contribution is 2.61. The van der Waals surface area contributed by atoms with Crippen LogP contribution in [-0.2, 0) is 37.6 Å². The van der Waals surface area contributed by atoms with Crippen LogP contribution < -0.4 is 4.72 Å². The van der Waals surface area contributed by atoms with Crippen molar-refractivity contribution in [1.29, 1.82) is 0 Å². The lowest BCUT2D eigenvalue weighted by molar-refractivity contribution is -0.163. The number of esters is 1. The van der Waals surface area contributed by atoms with Crippen LogP contribution >= 0.6 is 15.9 Å². The van der Waals surface area contributed by atoms with Crippen molar-refractivity contribution in [3.8, 4) is 0 Å². The Bertz CT molecular complexity index is 814. The Kier molecular flexibility index (Phi) is 7.25. The zero-order valence-corrected chi connectivity index (χ0v) is 22.1. The Morgan fingerprint density at radius 3 is 2.42 bits per heavy atom. The third kappa shape index (κ3) is 4.21. The normalized spacial score (nSPS) is 33.9. The maximum Gasteiger partial charge on any atom is 0.336 e. The smallest absolute Gasteiger partial charge is 0.336 e. The van der Waals surface area contributed by atoms with Crippen molar-refractivity contribution >= 4 is 33.3 Å². The van der Waals surface area contributed by atoms with E-state index in [1.54, 1.807) is 7.11 Å². The van der Waals surface area contributed by atoms with Crippen molar-refractivity contribution in [2.45, 2.75) is 77.2 Å². The molecular weight excluding hydrogens is 478 g/mol. The molecule has 0 heterocycles. The van der Waals surface area contributed by atoms with Crippen molar-refractivity contribution in [1.82, 2.24) is 4.72 Å². The van der Waals surface area contributed by atoms with Crippen LogP contribution in [0, 0.1) is 17.3 Å². The molecule has 31 heavy (non-hydrogen) atoms. The first-order valence-corrected chi connectivity index (χ1v) is 13.0. The van der Waals surface area contributed by atoms with Gasteiger partial charge in [0.15, 0.2) is 5.54 Å². The lowest BCUT2D eigenvalue weighted by atomic mass is 9.56. The van der Waals surface area contributed by atoms with Crippen molar-refractivity contribution < 1.29 is 18.8 Å². The van der Waals surface area contributed by atoms with Gasteiger partial charge in [-0.05, 0) is 82.1 Å². The third-order valence-electron chi connectivity index (χ3n) is 7.00. The van der Waals surface area contributed by atoms with E-state index in [0.717, 1.165) is 34.9 Å². The van der Waals surface area contributed by atoms with Crippen LogP contribution in [-0.4, -0.2) is 35.1 Å². The van der Waals surface area contributed by atoms with Gasteiger partial charge in [0.25, 0.3) is 0 Å². The number of ether oxygens (including phenoxy) is 2. The average molecular weight is 515 g/mol. The molecule has 5 nitrogen and oxygen atoms in total. The fourth-order valence-corrected chi connectivity index (χ4v) is 7.28. The first-order valence-electron chi connectivity index (χ1n) is 11.1. The molecule has 2 aliphatic carbocycles. The second kappa shape index (κ2) is 8.98. The molecule has 0 amide bonds. The van der Waals surface area contributed by atoms with E-state index in [0.29, 0.717) is 0 Å². The van der Waals surface area contributed by atoms with Gasteiger partial charge in [-0.3, -0.25) is 0 Å². The lowest BCUT2D eigenvalue weighted by Crippen LogP contribution is -2.65. The lowest BCUT2D eigenvalue weighted by Gasteiger charge is -2.52. The fraction of sp³-hybridized carbons (Fsp3) is 0.708. The summed E-state index contributed by atoms with van der Waals surface area (Å²) in [7, 11) is 1.77. The minimum Gasteiger partial charge on any atom is -0.598 e. The second-order valence-electron chi connectivity index (χ2n) is 10.3. The number of hydrogen-bond donors (Lipinski definition) is 1. The molecule has 0 bridgehead atoms. The largest absolute Gasteiger partial charge is 0.598 e. The van der Waals surface area contributed by atoms with E-state index in [-0.39, 0.29) is 30.5 Å². The molecule has 1 saturated carbocycles. The van der Waals surface area contributed by atoms with E-state index in [4.69, 9.17) is 9.47 Å². The van der Waals surface area contributed by atoms with E-state index in [9.17, 15) is 9.35 Å². The molecule has 7 heteroatoms. The molecule has 0 unspecified atom stereocenters. The molecule has 1 N–H and O–H groups in total. The van der Waals surface area contributed by atoms with Crippen LogP contribution in [0.3, 0.4) is 0 Å². The van der Waals surface area contributed by atoms with Gasteiger partial charge in [0.2, 0.25) is 0 Å². The Hall–Kier alpha value is -0.600. The van der Waals surface area contributed by atoms with Gasteiger partial charge < -0.3 is 14.0 Å².